The van der Waals surface area contributed by atoms with Crippen LogP contribution in [0.3, 0.4) is 0 Å². The van der Waals surface area contributed by atoms with Crippen molar-refractivity contribution in [2.75, 3.05) is 19.6 Å². The van der Waals surface area contributed by atoms with Crippen LogP contribution in [0.1, 0.15) is 24.8 Å². The van der Waals surface area contributed by atoms with E-state index in [1.165, 1.54) is 6.07 Å². The quantitative estimate of drug-likeness (QED) is 0.463. The van der Waals surface area contributed by atoms with Crippen LogP contribution in [0, 0.1) is 0 Å². The van der Waals surface area contributed by atoms with Crippen LogP contribution in [0.2, 0.25) is 5.02 Å². The highest BCUT2D eigenvalue weighted by atomic mass is 35.5. The molecule has 0 bridgehead atoms. The van der Waals surface area contributed by atoms with Crippen LogP contribution in [0.15, 0.2) is 51.7 Å². The molecule has 30 heavy (non-hydrogen) atoms. The lowest BCUT2D eigenvalue weighted by Gasteiger charge is -2.18. The Kier molecular flexibility index (Phi) is 6.06. The van der Waals surface area contributed by atoms with Crippen molar-refractivity contribution in [3.05, 3.63) is 63.5 Å². The zero-order chi connectivity index (χ0) is 21.1. The number of fused-ring (bicyclic) bond motifs is 1. The third-order valence-electron chi connectivity index (χ3n) is 5.48. The SMILES string of the molecule is O=C1CCCN1CCC[NH2+]Cc1c([O-])c(Cl)cc2c(-c3ccccc3)cc(=O)oc12. The van der Waals surface area contributed by atoms with Gasteiger partial charge in [-0.05, 0) is 23.6 Å². The summed E-state index contributed by atoms with van der Waals surface area (Å²) in [6, 6.07) is 12.5. The molecule has 2 heterocycles. The number of halogens is 1. The number of nitrogens with zero attached hydrogens (tertiary/aromatic N) is 1. The van der Waals surface area contributed by atoms with E-state index >= 15 is 0 Å². The first-order chi connectivity index (χ1) is 14.5. The maximum atomic E-state index is 12.7. The summed E-state index contributed by atoms with van der Waals surface area (Å²) >= 11 is 6.24. The predicted molar refractivity (Wildman–Crippen MR) is 113 cm³/mol. The van der Waals surface area contributed by atoms with Crippen molar-refractivity contribution in [1.82, 2.24) is 4.90 Å². The fourth-order valence-electron chi connectivity index (χ4n) is 3.97. The van der Waals surface area contributed by atoms with Gasteiger partial charge in [-0.25, -0.2) is 4.79 Å². The summed E-state index contributed by atoms with van der Waals surface area (Å²) < 4.78 is 5.46. The van der Waals surface area contributed by atoms with Crippen molar-refractivity contribution < 1.29 is 19.6 Å². The van der Waals surface area contributed by atoms with Crippen LogP contribution in [0.4, 0.5) is 0 Å². The second kappa shape index (κ2) is 8.90. The van der Waals surface area contributed by atoms with Crippen LogP contribution in [-0.2, 0) is 11.3 Å². The van der Waals surface area contributed by atoms with Gasteiger partial charge in [0.15, 0.2) is 0 Å². The van der Waals surface area contributed by atoms with E-state index in [0.29, 0.717) is 35.1 Å². The summed E-state index contributed by atoms with van der Waals surface area (Å²) in [5.74, 6) is -0.101. The van der Waals surface area contributed by atoms with Crippen molar-refractivity contribution in [2.24, 2.45) is 0 Å². The number of likely N-dealkylation sites (tertiary alicyclic amines) is 1. The Morgan fingerprint density at radius 2 is 1.97 bits per heavy atom. The fourth-order valence-corrected chi connectivity index (χ4v) is 4.19. The highest BCUT2D eigenvalue weighted by Crippen LogP contribution is 2.36. The lowest BCUT2D eigenvalue weighted by molar-refractivity contribution is -0.671. The summed E-state index contributed by atoms with van der Waals surface area (Å²) in [7, 11) is 0. The molecule has 1 saturated heterocycles. The monoisotopic (exact) mass is 426 g/mol. The van der Waals surface area contributed by atoms with Gasteiger partial charge in [-0.2, -0.15) is 0 Å². The Balaban J connectivity index is 1.58. The smallest absolute Gasteiger partial charge is 0.336 e. The molecule has 2 N–H and O–H groups in total. The van der Waals surface area contributed by atoms with E-state index in [4.69, 9.17) is 16.0 Å². The number of nitrogens with two attached hydrogens (primary N) is 1. The number of carbonyl (C=O) groups excluding carboxylic acids is 1. The van der Waals surface area contributed by atoms with Gasteiger partial charge in [-0.15, -0.1) is 0 Å². The summed E-state index contributed by atoms with van der Waals surface area (Å²) in [4.78, 5) is 25.8. The molecule has 0 saturated carbocycles. The number of benzene rings is 2. The van der Waals surface area contributed by atoms with E-state index in [1.807, 2.05) is 40.5 Å². The van der Waals surface area contributed by atoms with Crippen molar-refractivity contribution in [1.29, 1.82) is 0 Å². The minimum absolute atomic E-state index is 0.111. The minimum Gasteiger partial charge on any atom is -0.871 e. The maximum absolute atomic E-state index is 12.7. The van der Waals surface area contributed by atoms with Gasteiger partial charge in [-0.1, -0.05) is 47.7 Å². The van der Waals surface area contributed by atoms with Crippen molar-refractivity contribution >= 4 is 28.5 Å². The van der Waals surface area contributed by atoms with Gasteiger partial charge < -0.3 is 19.7 Å². The van der Waals surface area contributed by atoms with Gasteiger partial charge in [0.1, 0.15) is 12.1 Å². The van der Waals surface area contributed by atoms with Crippen molar-refractivity contribution in [3.63, 3.8) is 0 Å². The molecule has 7 heteroatoms. The normalized spacial score (nSPS) is 14.0. The topological polar surface area (TPSA) is 90.2 Å². The molecule has 0 radical (unpaired) electrons. The maximum Gasteiger partial charge on any atom is 0.336 e. The Labute approximate surface area is 179 Å². The van der Waals surface area contributed by atoms with Gasteiger partial charge in [0.05, 0.1) is 6.54 Å². The number of hydrogen-bond donors (Lipinski definition) is 1. The van der Waals surface area contributed by atoms with Crippen molar-refractivity contribution in [3.8, 4) is 16.9 Å². The molecule has 0 unspecified atom stereocenters. The second-order valence-corrected chi connectivity index (χ2v) is 7.91. The van der Waals surface area contributed by atoms with Gasteiger partial charge in [0, 0.05) is 48.0 Å². The Morgan fingerprint density at radius 3 is 2.70 bits per heavy atom. The zero-order valence-electron chi connectivity index (χ0n) is 16.5. The average molecular weight is 427 g/mol. The molecule has 156 valence electrons. The lowest BCUT2D eigenvalue weighted by atomic mass is 9.99. The van der Waals surface area contributed by atoms with Crippen LogP contribution in [-0.4, -0.2) is 30.4 Å². The molecule has 1 aromatic heterocycles. The Hall–Kier alpha value is -2.83. The van der Waals surface area contributed by atoms with Gasteiger partial charge >= 0.3 is 5.63 Å². The summed E-state index contributed by atoms with van der Waals surface area (Å²) in [5.41, 5.74) is 1.73. The molecule has 6 nitrogen and oxygen atoms in total. The molecule has 2 aromatic carbocycles. The van der Waals surface area contributed by atoms with E-state index in [9.17, 15) is 14.7 Å². The first-order valence-corrected chi connectivity index (χ1v) is 10.5. The molecular formula is C23H23ClN2O4. The van der Waals surface area contributed by atoms with E-state index < -0.39 is 5.63 Å². The first kappa shape index (κ1) is 20.4. The van der Waals surface area contributed by atoms with Gasteiger partial charge in [0.2, 0.25) is 5.91 Å². The molecule has 0 aliphatic carbocycles. The molecule has 1 aliphatic rings. The highest BCUT2D eigenvalue weighted by molar-refractivity contribution is 6.33. The molecule has 4 rings (SSSR count). The standard InChI is InChI=1S/C23H23ClN2O4/c24-19-12-17-16(15-6-2-1-3-7-15)13-21(28)30-23(17)18(22(19)29)14-25-9-5-11-26-10-4-8-20(26)27/h1-3,6-7,12-13,25,29H,4-5,8-11,14H2. The van der Waals surface area contributed by atoms with E-state index in [0.717, 1.165) is 38.0 Å². The molecule has 1 fully saturated rings. The Morgan fingerprint density at radius 1 is 1.17 bits per heavy atom. The zero-order valence-corrected chi connectivity index (χ0v) is 17.3. The lowest BCUT2D eigenvalue weighted by Crippen LogP contribution is -2.82. The minimum atomic E-state index is -0.503. The highest BCUT2D eigenvalue weighted by Gasteiger charge is 2.19. The molecular weight excluding hydrogens is 404 g/mol. The van der Waals surface area contributed by atoms with Crippen molar-refractivity contribution in [2.45, 2.75) is 25.8 Å². The van der Waals surface area contributed by atoms with Crippen LogP contribution >= 0.6 is 11.6 Å². The largest absolute Gasteiger partial charge is 0.871 e. The summed E-state index contributed by atoms with van der Waals surface area (Å²) in [6.07, 6.45) is 2.40. The summed E-state index contributed by atoms with van der Waals surface area (Å²) in [6.45, 7) is 2.66. The van der Waals surface area contributed by atoms with Crippen LogP contribution < -0.4 is 16.0 Å². The van der Waals surface area contributed by atoms with E-state index in [-0.39, 0.29) is 16.7 Å². The van der Waals surface area contributed by atoms with E-state index in [1.54, 1.807) is 6.07 Å². The number of hydrogen-bond acceptors (Lipinski definition) is 4. The fraction of sp³-hybridized carbons (Fsp3) is 0.304. The first-order valence-electron chi connectivity index (χ1n) is 10.2. The van der Waals surface area contributed by atoms with Gasteiger partial charge in [0.25, 0.3) is 0 Å². The molecule has 1 aliphatic heterocycles. The molecule has 3 aromatic rings. The molecule has 0 atom stereocenters. The second-order valence-electron chi connectivity index (χ2n) is 7.51. The van der Waals surface area contributed by atoms with Crippen LogP contribution in [0.5, 0.6) is 5.75 Å². The summed E-state index contributed by atoms with van der Waals surface area (Å²) in [5, 5.41) is 15.4. The molecule has 1 amide bonds. The predicted octanol–water partition coefficient (Wildman–Crippen LogP) is 2.26. The third-order valence-corrected chi connectivity index (χ3v) is 5.76. The number of amides is 1. The third kappa shape index (κ3) is 4.20. The number of rotatable bonds is 7. The average Bonchev–Trinajstić information content (AvgIpc) is 3.16. The molecule has 0 spiro atoms. The van der Waals surface area contributed by atoms with Gasteiger partial charge in [-0.3, -0.25) is 4.79 Å². The van der Waals surface area contributed by atoms with E-state index in [2.05, 4.69) is 0 Å². The number of quaternary nitrogens is 1. The van der Waals surface area contributed by atoms with Crippen LogP contribution in [0.25, 0.3) is 22.1 Å². The Bertz CT molecular complexity index is 1130. The number of carbonyl (C=O) groups is 1.